The Kier molecular flexibility index (Phi) is 5.44. The van der Waals surface area contributed by atoms with Gasteiger partial charge in [-0.05, 0) is 12.5 Å². The molecule has 0 aliphatic heterocycles. The van der Waals surface area contributed by atoms with Crippen molar-refractivity contribution in [2.75, 3.05) is 5.75 Å². The molecule has 5 nitrogen and oxygen atoms in total. The van der Waals surface area contributed by atoms with E-state index in [-0.39, 0.29) is 29.3 Å². The van der Waals surface area contributed by atoms with Crippen LogP contribution < -0.4 is 10.5 Å². The summed E-state index contributed by atoms with van der Waals surface area (Å²) in [5.74, 6) is -0.767. The van der Waals surface area contributed by atoms with Gasteiger partial charge in [-0.25, -0.2) is 17.5 Å². The summed E-state index contributed by atoms with van der Waals surface area (Å²) in [6.07, 6.45) is 1.35. The standard InChI is InChI=1S/C12H18FN3O2S/c1-2-3-6-19(17,18)16-8-10-5-4-9(12(14)15)7-11(10)13/h4-5,7,16H,2-3,6,8H2,1H3,(H3,14,15). The molecule has 0 atom stereocenters. The number of sulfonamides is 1. The molecule has 4 N–H and O–H groups in total. The van der Waals surface area contributed by atoms with Gasteiger partial charge in [-0.1, -0.05) is 25.5 Å². The topological polar surface area (TPSA) is 96.0 Å². The van der Waals surface area contributed by atoms with Gasteiger partial charge < -0.3 is 5.73 Å². The van der Waals surface area contributed by atoms with Crippen LogP contribution in [-0.4, -0.2) is 20.0 Å². The van der Waals surface area contributed by atoms with Crippen LogP contribution in [0.5, 0.6) is 0 Å². The predicted octanol–water partition coefficient (Wildman–Crippen LogP) is 1.33. The van der Waals surface area contributed by atoms with E-state index in [1.54, 1.807) is 0 Å². The average molecular weight is 287 g/mol. The number of benzene rings is 1. The lowest BCUT2D eigenvalue weighted by Gasteiger charge is -2.08. The molecule has 0 spiro atoms. The van der Waals surface area contributed by atoms with Crippen LogP contribution in [0.15, 0.2) is 18.2 Å². The largest absolute Gasteiger partial charge is 0.384 e. The summed E-state index contributed by atoms with van der Waals surface area (Å²) < 4.78 is 39.1. The average Bonchev–Trinajstić information content (AvgIpc) is 2.35. The molecule has 0 aromatic heterocycles. The Bertz CT molecular complexity index is 558. The first-order valence-electron chi connectivity index (χ1n) is 5.96. The number of nitrogen functional groups attached to an aromatic ring is 1. The summed E-state index contributed by atoms with van der Waals surface area (Å²) in [5, 5.41) is 7.18. The lowest BCUT2D eigenvalue weighted by atomic mass is 10.1. The summed E-state index contributed by atoms with van der Waals surface area (Å²) in [6, 6.07) is 4.04. The molecular weight excluding hydrogens is 269 g/mol. The molecule has 0 heterocycles. The van der Waals surface area contributed by atoms with Crippen molar-refractivity contribution < 1.29 is 12.8 Å². The first-order chi connectivity index (χ1) is 8.85. The van der Waals surface area contributed by atoms with Gasteiger partial charge in [0.2, 0.25) is 10.0 Å². The predicted molar refractivity (Wildman–Crippen MR) is 73.0 cm³/mol. The molecule has 7 heteroatoms. The van der Waals surface area contributed by atoms with Crippen LogP contribution in [0.1, 0.15) is 30.9 Å². The Morgan fingerprint density at radius 3 is 2.68 bits per heavy atom. The van der Waals surface area contributed by atoms with E-state index in [1.807, 2.05) is 6.92 Å². The third-order valence-corrected chi connectivity index (χ3v) is 4.02. The van der Waals surface area contributed by atoms with E-state index >= 15 is 0 Å². The maximum absolute atomic E-state index is 13.7. The highest BCUT2D eigenvalue weighted by atomic mass is 32.2. The van der Waals surface area contributed by atoms with Gasteiger partial charge in [-0.2, -0.15) is 0 Å². The molecule has 0 unspecified atom stereocenters. The molecule has 0 radical (unpaired) electrons. The lowest BCUT2D eigenvalue weighted by Crippen LogP contribution is -2.26. The minimum atomic E-state index is -3.37. The fourth-order valence-electron chi connectivity index (χ4n) is 1.45. The van der Waals surface area contributed by atoms with Crippen molar-refractivity contribution in [1.82, 2.24) is 4.72 Å². The molecule has 0 saturated heterocycles. The van der Waals surface area contributed by atoms with Crippen LogP contribution in [0.2, 0.25) is 0 Å². The minimum Gasteiger partial charge on any atom is -0.384 e. The van der Waals surface area contributed by atoms with Crippen molar-refractivity contribution in [3.63, 3.8) is 0 Å². The highest BCUT2D eigenvalue weighted by Crippen LogP contribution is 2.10. The minimum absolute atomic E-state index is 0.0383. The number of amidine groups is 1. The van der Waals surface area contributed by atoms with Crippen molar-refractivity contribution >= 4 is 15.9 Å². The molecule has 1 rings (SSSR count). The third kappa shape index (κ3) is 4.96. The van der Waals surface area contributed by atoms with Gasteiger partial charge in [-0.3, -0.25) is 5.41 Å². The summed E-state index contributed by atoms with van der Waals surface area (Å²) in [4.78, 5) is 0. The maximum Gasteiger partial charge on any atom is 0.211 e. The van der Waals surface area contributed by atoms with Gasteiger partial charge >= 0.3 is 0 Å². The van der Waals surface area contributed by atoms with E-state index in [9.17, 15) is 12.8 Å². The number of nitrogens with two attached hydrogens (primary N) is 1. The number of nitrogens with one attached hydrogen (secondary N) is 2. The van der Waals surface area contributed by atoms with Crippen LogP contribution >= 0.6 is 0 Å². The molecule has 1 aromatic rings. The zero-order valence-corrected chi connectivity index (χ0v) is 11.6. The second-order valence-corrected chi connectivity index (χ2v) is 6.14. The summed E-state index contributed by atoms with van der Waals surface area (Å²) in [5.41, 5.74) is 5.74. The zero-order valence-electron chi connectivity index (χ0n) is 10.7. The lowest BCUT2D eigenvalue weighted by molar-refractivity contribution is 0.571. The monoisotopic (exact) mass is 287 g/mol. The fourth-order valence-corrected chi connectivity index (χ4v) is 2.64. The molecule has 0 aliphatic rings. The van der Waals surface area contributed by atoms with E-state index < -0.39 is 15.8 Å². The Labute approximate surface area is 112 Å². The first kappa shape index (κ1) is 15.6. The van der Waals surface area contributed by atoms with Crippen LogP contribution in [0, 0.1) is 11.2 Å². The van der Waals surface area contributed by atoms with Crippen molar-refractivity contribution in [3.05, 3.63) is 35.1 Å². The number of hydrogen-bond acceptors (Lipinski definition) is 3. The smallest absolute Gasteiger partial charge is 0.211 e. The van der Waals surface area contributed by atoms with Crippen LogP contribution in [0.3, 0.4) is 0 Å². The molecule has 19 heavy (non-hydrogen) atoms. The molecule has 0 saturated carbocycles. The van der Waals surface area contributed by atoms with Gasteiger partial charge in [0.15, 0.2) is 0 Å². The van der Waals surface area contributed by atoms with E-state index in [1.165, 1.54) is 12.1 Å². The normalized spacial score (nSPS) is 11.5. The highest BCUT2D eigenvalue weighted by molar-refractivity contribution is 7.89. The van der Waals surface area contributed by atoms with Gasteiger partial charge in [0.05, 0.1) is 5.75 Å². The SMILES string of the molecule is CCCCS(=O)(=O)NCc1ccc(C(=N)N)cc1F. The molecule has 1 aromatic carbocycles. The quantitative estimate of drug-likeness (QED) is 0.521. The van der Waals surface area contributed by atoms with Crippen LogP contribution in [0.4, 0.5) is 4.39 Å². The Balaban J connectivity index is 2.71. The van der Waals surface area contributed by atoms with Crippen LogP contribution in [0.25, 0.3) is 0 Å². The summed E-state index contributed by atoms with van der Waals surface area (Å²) >= 11 is 0. The van der Waals surface area contributed by atoms with Crippen molar-refractivity contribution in [3.8, 4) is 0 Å². The molecule has 0 fully saturated rings. The van der Waals surface area contributed by atoms with Gasteiger partial charge in [0, 0.05) is 17.7 Å². The molecular formula is C12H18FN3O2S. The highest BCUT2D eigenvalue weighted by Gasteiger charge is 2.11. The summed E-state index contributed by atoms with van der Waals surface area (Å²) in [7, 11) is -3.37. The van der Waals surface area contributed by atoms with Crippen molar-refractivity contribution in [1.29, 1.82) is 5.41 Å². The number of hydrogen-bond donors (Lipinski definition) is 3. The number of unbranched alkanes of at least 4 members (excludes halogenated alkanes) is 1. The zero-order chi connectivity index (χ0) is 14.5. The van der Waals surface area contributed by atoms with E-state index in [0.29, 0.717) is 6.42 Å². The van der Waals surface area contributed by atoms with E-state index in [2.05, 4.69) is 4.72 Å². The molecule has 106 valence electrons. The number of rotatable bonds is 7. The molecule has 0 bridgehead atoms. The second-order valence-electron chi connectivity index (χ2n) is 4.21. The first-order valence-corrected chi connectivity index (χ1v) is 7.61. The fraction of sp³-hybridized carbons (Fsp3) is 0.417. The Morgan fingerprint density at radius 1 is 1.47 bits per heavy atom. The van der Waals surface area contributed by atoms with Crippen molar-refractivity contribution in [2.45, 2.75) is 26.3 Å². The van der Waals surface area contributed by atoms with E-state index in [4.69, 9.17) is 11.1 Å². The Morgan fingerprint density at radius 2 is 2.16 bits per heavy atom. The second kappa shape index (κ2) is 6.63. The third-order valence-electron chi connectivity index (χ3n) is 2.61. The van der Waals surface area contributed by atoms with Gasteiger partial charge in [0.25, 0.3) is 0 Å². The van der Waals surface area contributed by atoms with E-state index in [0.717, 1.165) is 12.5 Å². The number of halogens is 1. The van der Waals surface area contributed by atoms with Crippen LogP contribution in [-0.2, 0) is 16.6 Å². The molecule has 0 aliphatic carbocycles. The maximum atomic E-state index is 13.7. The Hall–Kier alpha value is -1.47. The van der Waals surface area contributed by atoms with Gasteiger partial charge in [0.1, 0.15) is 11.7 Å². The van der Waals surface area contributed by atoms with Gasteiger partial charge in [-0.15, -0.1) is 0 Å². The van der Waals surface area contributed by atoms with Crippen molar-refractivity contribution in [2.24, 2.45) is 5.73 Å². The molecule has 0 amide bonds. The summed E-state index contributed by atoms with van der Waals surface area (Å²) in [6.45, 7) is 1.80.